The Morgan fingerprint density at radius 1 is 1.16 bits per heavy atom. The lowest BCUT2D eigenvalue weighted by molar-refractivity contribution is -0.127. The number of amides is 3. The van der Waals surface area contributed by atoms with Crippen molar-refractivity contribution in [1.29, 1.82) is 0 Å². The van der Waals surface area contributed by atoms with Crippen molar-refractivity contribution in [3.05, 3.63) is 0 Å². The van der Waals surface area contributed by atoms with Crippen LogP contribution in [0.25, 0.3) is 0 Å². The Morgan fingerprint density at radius 3 is 2.42 bits per heavy atom. The number of hydrogen-bond acceptors (Lipinski definition) is 5. The number of carbonyl (C=O) groups is 4. The third-order valence-corrected chi connectivity index (χ3v) is 6.27. The molecule has 2 rings (SSSR count). The molecule has 8 nitrogen and oxygen atoms in total. The van der Waals surface area contributed by atoms with E-state index < -0.39 is 24.1 Å². The summed E-state index contributed by atoms with van der Waals surface area (Å²) < 4.78 is 5.58. The Hall–Kier alpha value is -2.12. The third-order valence-electron chi connectivity index (χ3n) is 6.27. The molecule has 0 bridgehead atoms. The van der Waals surface area contributed by atoms with Gasteiger partial charge in [-0.3, -0.25) is 9.59 Å². The molecule has 8 heteroatoms. The maximum absolute atomic E-state index is 12.8. The molecule has 1 heterocycles. The van der Waals surface area contributed by atoms with Crippen LogP contribution in [0.5, 0.6) is 0 Å². The van der Waals surface area contributed by atoms with Gasteiger partial charge in [-0.25, -0.2) is 4.79 Å². The maximum atomic E-state index is 12.8. The Morgan fingerprint density at radius 2 is 1.87 bits per heavy atom. The van der Waals surface area contributed by atoms with Crippen molar-refractivity contribution in [3.63, 3.8) is 0 Å². The van der Waals surface area contributed by atoms with Crippen LogP contribution in [0, 0.1) is 17.8 Å². The molecule has 3 N–H and O–H groups in total. The summed E-state index contributed by atoms with van der Waals surface area (Å²) in [6.07, 6.45) is 7.55. The van der Waals surface area contributed by atoms with Crippen molar-refractivity contribution >= 4 is 24.2 Å². The Balaban J connectivity index is 1.86. The van der Waals surface area contributed by atoms with Gasteiger partial charge in [0.05, 0.1) is 6.04 Å². The van der Waals surface area contributed by atoms with Crippen LogP contribution in [0.15, 0.2) is 0 Å². The first-order valence-electron chi connectivity index (χ1n) is 11.8. The lowest BCUT2D eigenvalue weighted by Gasteiger charge is -2.29. The van der Waals surface area contributed by atoms with E-state index in [1.54, 1.807) is 0 Å². The first-order chi connectivity index (χ1) is 14.8. The first kappa shape index (κ1) is 25.1. The molecule has 1 aliphatic heterocycles. The molecule has 2 fully saturated rings. The molecule has 0 aromatic heterocycles. The number of hydrogen-bond donors (Lipinski definition) is 3. The van der Waals surface area contributed by atoms with Crippen molar-refractivity contribution in [2.75, 3.05) is 6.54 Å². The van der Waals surface area contributed by atoms with E-state index in [2.05, 4.69) is 22.9 Å². The zero-order valence-electron chi connectivity index (χ0n) is 19.2. The van der Waals surface area contributed by atoms with Gasteiger partial charge in [-0.2, -0.15) is 0 Å². The summed E-state index contributed by atoms with van der Waals surface area (Å²) in [4.78, 5) is 48.5. The fourth-order valence-electron chi connectivity index (χ4n) is 4.59. The van der Waals surface area contributed by atoms with Gasteiger partial charge < -0.3 is 25.5 Å². The number of carbonyl (C=O) groups excluding carboxylic acids is 4. The zero-order chi connectivity index (χ0) is 22.8. The molecule has 2 aliphatic rings. The lowest BCUT2D eigenvalue weighted by atomic mass is 9.85. The fourth-order valence-corrected chi connectivity index (χ4v) is 4.59. The van der Waals surface area contributed by atoms with Gasteiger partial charge in [0, 0.05) is 12.5 Å². The molecule has 1 saturated heterocycles. The normalized spacial score (nSPS) is 25.4. The molecular weight excluding hydrogens is 398 g/mol. The summed E-state index contributed by atoms with van der Waals surface area (Å²) in [6.45, 7) is 6.70. The second-order valence-electron chi connectivity index (χ2n) is 9.43. The number of ether oxygens (including phenoxy) is 1. The van der Waals surface area contributed by atoms with Crippen LogP contribution in [0.3, 0.4) is 0 Å². The van der Waals surface area contributed by atoms with Gasteiger partial charge in [0.25, 0.3) is 0 Å². The summed E-state index contributed by atoms with van der Waals surface area (Å²) in [5.74, 6) is 0.0910. The van der Waals surface area contributed by atoms with Crippen LogP contribution in [0.2, 0.25) is 0 Å². The number of rotatable bonds is 11. The van der Waals surface area contributed by atoms with Gasteiger partial charge in [-0.05, 0) is 56.8 Å². The van der Waals surface area contributed by atoms with E-state index in [0.717, 1.165) is 31.6 Å². The maximum Gasteiger partial charge on any atom is 0.408 e. The molecular formula is C23H39N3O5. The van der Waals surface area contributed by atoms with Gasteiger partial charge >= 0.3 is 6.09 Å². The van der Waals surface area contributed by atoms with Crippen LogP contribution in [-0.4, -0.2) is 48.9 Å². The molecule has 0 aromatic carbocycles. The number of alkyl carbamates (subject to hydrolysis) is 1. The van der Waals surface area contributed by atoms with Crippen molar-refractivity contribution in [3.8, 4) is 0 Å². The Kier molecular flexibility index (Phi) is 10.3. The van der Waals surface area contributed by atoms with E-state index in [4.69, 9.17) is 4.74 Å². The molecule has 0 radical (unpaired) electrons. The summed E-state index contributed by atoms with van der Waals surface area (Å²) in [5.41, 5.74) is 0. The van der Waals surface area contributed by atoms with Crippen LogP contribution in [-0.2, 0) is 19.1 Å². The van der Waals surface area contributed by atoms with Crippen molar-refractivity contribution in [2.24, 2.45) is 17.8 Å². The smallest absolute Gasteiger partial charge is 0.408 e. The van der Waals surface area contributed by atoms with E-state index in [9.17, 15) is 19.2 Å². The fraction of sp³-hybridized carbons (Fsp3) is 0.826. The largest absolute Gasteiger partial charge is 0.446 e. The van der Waals surface area contributed by atoms with Gasteiger partial charge in [-0.15, -0.1) is 0 Å². The van der Waals surface area contributed by atoms with E-state index in [-0.39, 0.29) is 30.3 Å². The summed E-state index contributed by atoms with van der Waals surface area (Å²) in [6, 6.07) is -1.55. The highest BCUT2D eigenvalue weighted by Gasteiger charge is 2.31. The molecule has 1 saturated carbocycles. The van der Waals surface area contributed by atoms with Crippen LogP contribution < -0.4 is 16.0 Å². The minimum absolute atomic E-state index is 0.0878. The standard InChI is InChI=1S/C23H39N3O5/c1-4-5-16-6-8-19(9-7-16)31-23(30)26-20(12-15(2)3)22(29)25-18(14-27)13-17-10-11-24-21(17)28/h14-20H,4-13H2,1-3H3,(H,24,28)(H,25,29)(H,26,30)/t16?,17?,18-,19?,20-/m1/s1. The molecule has 0 spiro atoms. The van der Waals surface area contributed by atoms with E-state index in [1.165, 1.54) is 12.8 Å². The third kappa shape index (κ3) is 8.50. The molecule has 3 amide bonds. The molecule has 3 atom stereocenters. The van der Waals surface area contributed by atoms with Gasteiger partial charge in [0.1, 0.15) is 18.4 Å². The topological polar surface area (TPSA) is 114 Å². The van der Waals surface area contributed by atoms with Crippen molar-refractivity contribution in [1.82, 2.24) is 16.0 Å². The minimum atomic E-state index is -0.788. The van der Waals surface area contributed by atoms with Crippen molar-refractivity contribution < 1.29 is 23.9 Å². The highest BCUT2D eigenvalue weighted by atomic mass is 16.6. The van der Waals surface area contributed by atoms with E-state index in [1.807, 2.05) is 13.8 Å². The van der Waals surface area contributed by atoms with Crippen molar-refractivity contribution in [2.45, 2.75) is 96.7 Å². The van der Waals surface area contributed by atoms with E-state index >= 15 is 0 Å². The molecule has 0 aromatic rings. The van der Waals surface area contributed by atoms with Crippen LogP contribution in [0.1, 0.15) is 78.6 Å². The second kappa shape index (κ2) is 12.7. The van der Waals surface area contributed by atoms with Gasteiger partial charge in [-0.1, -0.05) is 33.6 Å². The summed E-state index contributed by atoms with van der Waals surface area (Å²) >= 11 is 0. The summed E-state index contributed by atoms with van der Waals surface area (Å²) in [7, 11) is 0. The zero-order valence-corrected chi connectivity index (χ0v) is 19.2. The van der Waals surface area contributed by atoms with E-state index in [0.29, 0.717) is 25.7 Å². The quantitative estimate of drug-likeness (QED) is 0.430. The minimum Gasteiger partial charge on any atom is -0.446 e. The van der Waals surface area contributed by atoms with Gasteiger partial charge in [0.2, 0.25) is 11.8 Å². The predicted molar refractivity (Wildman–Crippen MR) is 117 cm³/mol. The highest BCUT2D eigenvalue weighted by molar-refractivity contribution is 5.88. The monoisotopic (exact) mass is 437 g/mol. The summed E-state index contributed by atoms with van der Waals surface area (Å²) in [5, 5.41) is 8.12. The molecule has 31 heavy (non-hydrogen) atoms. The average Bonchev–Trinajstić information content (AvgIpc) is 3.12. The van der Waals surface area contributed by atoms with Crippen LogP contribution >= 0.6 is 0 Å². The highest BCUT2D eigenvalue weighted by Crippen LogP contribution is 2.29. The molecule has 1 unspecified atom stereocenters. The Labute approximate surface area is 185 Å². The number of nitrogens with one attached hydrogen (secondary N) is 3. The number of aldehydes is 1. The average molecular weight is 438 g/mol. The predicted octanol–water partition coefficient (Wildman–Crippen LogP) is 2.70. The second-order valence-corrected chi connectivity index (χ2v) is 9.43. The van der Waals surface area contributed by atoms with Crippen LogP contribution in [0.4, 0.5) is 4.79 Å². The molecule has 1 aliphatic carbocycles. The molecule has 176 valence electrons. The first-order valence-corrected chi connectivity index (χ1v) is 11.8. The SMILES string of the molecule is CCCC1CCC(OC(=O)N[C@H](CC(C)C)C(=O)N[C@@H](C=O)CC2CCNC2=O)CC1. The van der Waals surface area contributed by atoms with Gasteiger partial charge in [0.15, 0.2) is 0 Å². The Bertz CT molecular complexity index is 616. The lowest BCUT2D eigenvalue weighted by Crippen LogP contribution is -2.51.